The number of carbonyl (C=O) groups excluding carboxylic acids is 2. The third-order valence-corrected chi connectivity index (χ3v) is 2.87. The number of carbonyl (C=O) groups is 2. The van der Waals surface area contributed by atoms with E-state index in [1.807, 2.05) is 20.8 Å². The molecule has 0 heterocycles. The highest BCUT2D eigenvalue weighted by molar-refractivity contribution is 5.98. The third-order valence-electron chi connectivity index (χ3n) is 2.87. The zero-order chi connectivity index (χ0) is 16.8. The number of hydrazine groups is 1. The molecule has 0 saturated heterocycles. The maximum Gasteiger partial charge on any atom is 0.276 e. The van der Waals surface area contributed by atoms with E-state index in [0.29, 0.717) is 11.3 Å². The van der Waals surface area contributed by atoms with Crippen molar-refractivity contribution in [2.75, 3.05) is 7.11 Å². The Morgan fingerprint density at radius 2 is 1.91 bits per heavy atom. The fraction of sp³-hybridized carbons (Fsp3) is 0.412. The molecule has 0 unspecified atom stereocenters. The van der Waals surface area contributed by atoms with Crippen LogP contribution >= 0.6 is 0 Å². The average Bonchev–Trinajstić information content (AvgIpc) is 2.48. The lowest BCUT2D eigenvalue weighted by Crippen LogP contribution is -2.55. The van der Waals surface area contributed by atoms with Gasteiger partial charge in [-0.3, -0.25) is 15.0 Å². The predicted octanol–water partition coefficient (Wildman–Crippen LogP) is 2.38. The summed E-state index contributed by atoms with van der Waals surface area (Å²) in [5.41, 5.74) is 2.43. The van der Waals surface area contributed by atoms with Crippen LogP contribution in [0.5, 0.6) is 5.75 Å². The average molecular weight is 302 g/mol. The summed E-state index contributed by atoms with van der Waals surface area (Å²) >= 11 is 0. The van der Waals surface area contributed by atoms with E-state index in [-0.39, 0.29) is 18.2 Å². The molecule has 1 aromatic rings. The first kappa shape index (κ1) is 17.6. The van der Waals surface area contributed by atoms with Crippen molar-refractivity contribution in [1.29, 1.82) is 0 Å². The standard InChI is InChI=1S/C17H22N2O3/c1-6-7-12-15(20)18-19(17(2,3)4)16(21)13-10-8-9-11-14(13)22-5/h8-11H,12H2,1-5H3,(H,18,20). The second kappa shape index (κ2) is 7.51. The molecule has 5 heteroatoms. The molecule has 2 amide bonds. The van der Waals surface area contributed by atoms with Crippen molar-refractivity contribution in [2.45, 2.75) is 39.7 Å². The molecule has 1 N–H and O–H groups in total. The topological polar surface area (TPSA) is 58.6 Å². The molecule has 0 saturated carbocycles. The van der Waals surface area contributed by atoms with Crippen LogP contribution in [0.15, 0.2) is 24.3 Å². The Hall–Kier alpha value is -2.48. The van der Waals surface area contributed by atoms with Gasteiger partial charge in [0.2, 0.25) is 0 Å². The van der Waals surface area contributed by atoms with E-state index < -0.39 is 5.54 Å². The molecule has 0 aliphatic rings. The molecule has 0 aromatic heterocycles. The minimum atomic E-state index is -0.590. The largest absolute Gasteiger partial charge is 0.496 e. The first-order chi connectivity index (χ1) is 10.3. The van der Waals surface area contributed by atoms with Crippen LogP contribution in [0.2, 0.25) is 0 Å². The molecule has 1 aromatic carbocycles. The van der Waals surface area contributed by atoms with Crippen LogP contribution in [0, 0.1) is 11.8 Å². The van der Waals surface area contributed by atoms with E-state index in [2.05, 4.69) is 17.3 Å². The Morgan fingerprint density at radius 1 is 1.27 bits per heavy atom. The number of ether oxygens (including phenoxy) is 1. The van der Waals surface area contributed by atoms with E-state index in [1.165, 1.54) is 12.1 Å². The number of hydrogen-bond acceptors (Lipinski definition) is 3. The van der Waals surface area contributed by atoms with Gasteiger partial charge in [0.15, 0.2) is 0 Å². The van der Waals surface area contributed by atoms with Gasteiger partial charge in [-0.25, -0.2) is 5.01 Å². The van der Waals surface area contributed by atoms with Crippen LogP contribution in [0.3, 0.4) is 0 Å². The molecular weight excluding hydrogens is 280 g/mol. The molecule has 0 aliphatic heterocycles. The first-order valence-corrected chi connectivity index (χ1v) is 6.98. The van der Waals surface area contributed by atoms with Gasteiger partial charge in [-0.1, -0.05) is 18.1 Å². The van der Waals surface area contributed by atoms with Crippen molar-refractivity contribution in [3.8, 4) is 17.6 Å². The van der Waals surface area contributed by atoms with Gasteiger partial charge in [-0.05, 0) is 39.8 Å². The Labute approximate surface area is 131 Å². The maximum atomic E-state index is 12.8. The second-order valence-corrected chi connectivity index (χ2v) is 5.65. The maximum absolute atomic E-state index is 12.8. The quantitative estimate of drug-likeness (QED) is 0.689. The summed E-state index contributed by atoms with van der Waals surface area (Å²) in [7, 11) is 1.50. The number of amides is 2. The molecule has 22 heavy (non-hydrogen) atoms. The van der Waals surface area contributed by atoms with Crippen molar-refractivity contribution in [2.24, 2.45) is 0 Å². The number of rotatable bonds is 3. The van der Waals surface area contributed by atoms with Crippen molar-refractivity contribution in [3.63, 3.8) is 0 Å². The number of benzene rings is 1. The van der Waals surface area contributed by atoms with Crippen molar-refractivity contribution >= 4 is 11.8 Å². The normalized spacial score (nSPS) is 10.2. The summed E-state index contributed by atoms with van der Waals surface area (Å²) in [5, 5.41) is 1.31. The lowest BCUT2D eigenvalue weighted by molar-refractivity contribution is -0.125. The molecule has 118 valence electrons. The first-order valence-electron chi connectivity index (χ1n) is 6.98. The number of nitrogens with one attached hydrogen (secondary N) is 1. The monoisotopic (exact) mass is 302 g/mol. The molecule has 0 fully saturated rings. The summed E-state index contributed by atoms with van der Waals surface area (Å²) < 4.78 is 5.22. The summed E-state index contributed by atoms with van der Waals surface area (Å²) in [6.45, 7) is 7.18. The van der Waals surface area contributed by atoms with E-state index in [4.69, 9.17) is 4.74 Å². The predicted molar refractivity (Wildman–Crippen MR) is 85.1 cm³/mol. The van der Waals surface area contributed by atoms with Gasteiger partial charge < -0.3 is 4.74 Å². The Balaban J connectivity index is 3.08. The lowest BCUT2D eigenvalue weighted by atomic mass is 10.1. The smallest absolute Gasteiger partial charge is 0.276 e. The van der Waals surface area contributed by atoms with Crippen LogP contribution < -0.4 is 10.2 Å². The minimum absolute atomic E-state index is 0.0439. The van der Waals surface area contributed by atoms with Gasteiger partial charge in [-0.15, -0.1) is 5.92 Å². The van der Waals surface area contributed by atoms with Crippen LogP contribution in [0.25, 0.3) is 0 Å². The Morgan fingerprint density at radius 3 is 2.45 bits per heavy atom. The molecule has 0 atom stereocenters. The molecule has 0 aliphatic carbocycles. The summed E-state index contributed by atoms with van der Waals surface area (Å²) in [6.07, 6.45) is 0.0439. The van der Waals surface area contributed by atoms with Crippen LogP contribution in [-0.2, 0) is 4.79 Å². The van der Waals surface area contributed by atoms with Crippen LogP contribution in [0.1, 0.15) is 44.5 Å². The van der Waals surface area contributed by atoms with E-state index in [1.54, 1.807) is 31.2 Å². The lowest BCUT2D eigenvalue weighted by Gasteiger charge is -2.35. The molecule has 0 radical (unpaired) electrons. The van der Waals surface area contributed by atoms with Crippen LogP contribution in [0.4, 0.5) is 0 Å². The summed E-state index contributed by atoms with van der Waals surface area (Å²) in [4.78, 5) is 24.7. The summed E-state index contributed by atoms with van der Waals surface area (Å²) in [5.74, 6) is 5.14. The van der Waals surface area contributed by atoms with Crippen LogP contribution in [-0.4, -0.2) is 29.5 Å². The molecule has 0 bridgehead atoms. The number of para-hydroxylation sites is 1. The zero-order valence-corrected chi connectivity index (χ0v) is 13.7. The molecule has 5 nitrogen and oxygen atoms in total. The number of methoxy groups -OCH3 is 1. The van der Waals surface area contributed by atoms with Gasteiger partial charge >= 0.3 is 0 Å². The highest BCUT2D eigenvalue weighted by Crippen LogP contribution is 2.22. The molecule has 1 rings (SSSR count). The highest BCUT2D eigenvalue weighted by Gasteiger charge is 2.30. The molecular formula is C17H22N2O3. The van der Waals surface area contributed by atoms with Crippen molar-refractivity contribution < 1.29 is 14.3 Å². The Bertz CT molecular complexity index is 606. The third kappa shape index (κ3) is 4.52. The van der Waals surface area contributed by atoms with Gasteiger partial charge in [0.25, 0.3) is 11.8 Å². The summed E-state index contributed by atoms with van der Waals surface area (Å²) in [6, 6.07) is 6.91. The number of hydrogen-bond donors (Lipinski definition) is 1. The zero-order valence-electron chi connectivity index (χ0n) is 13.7. The van der Waals surface area contributed by atoms with E-state index in [0.717, 1.165) is 0 Å². The SMILES string of the molecule is CC#CCC(=O)NN(C(=O)c1ccccc1OC)C(C)(C)C. The van der Waals surface area contributed by atoms with Gasteiger partial charge in [0, 0.05) is 0 Å². The minimum Gasteiger partial charge on any atom is -0.496 e. The van der Waals surface area contributed by atoms with Gasteiger partial charge in [0.05, 0.1) is 24.6 Å². The second-order valence-electron chi connectivity index (χ2n) is 5.65. The van der Waals surface area contributed by atoms with Crippen molar-refractivity contribution in [1.82, 2.24) is 10.4 Å². The Kier molecular flexibility index (Phi) is 6.00. The fourth-order valence-electron chi connectivity index (χ4n) is 1.80. The molecule has 0 spiro atoms. The van der Waals surface area contributed by atoms with Gasteiger partial charge in [-0.2, -0.15) is 0 Å². The van der Waals surface area contributed by atoms with E-state index in [9.17, 15) is 9.59 Å². The van der Waals surface area contributed by atoms with Crippen molar-refractivity contribution in [3.05, 3.63) is 29.8 Å². The number of nitrogens with zero attached hydrogens (tertiary/aromatic N) is 1. The highest BCUT2D eigenvalue weighted by atomic mass is 16.5. The fourth-order valence-corrected chi connectivity index (χ4v) is 1.80. The van der Waals surface area contributed by atoms with Gasteiger partial charge in [0.1, 0.15) is 5.75 Å². The van der Waals surface area contributed by atoms with E-state index >= 15 is 0 Å².